The normalized spacial score (nSPS) is 12.4. The lowest BCUT2D eigenvalue weighted by Gasteiger charge is -2.26. The maximum Gasteiger partial charge on any atom is 0.262 e. The Morgan fingerprint density at radius 2 is 1.08 bits per heavy atom. The van der Waals surface area contributed by atoms with E-state index in [0.717, 1.165) is 5.56 Å². The molecule has 0 atom stereocenters. The molecule has 3 aromatic carbocycles. The van der Waals surface area contributed by atoms with Gasteiger partial charge in [-0.3, -0.25) is 14.3 Å². The van der Waals surface area contributed by atoms with Crippen molar-refractivity contribution < 1.29 is 22.7 Å². The molecule has 4 N–H and O–H groups in total. The summed E-state index contributed by atoms with van der Waals surface area (Å²) in [6.45, 7) is 22.8. The molecular weight excluding hydrogens is 784 g/mol. The Morgan fingerprint density at radius 3 is 1.46 bits per heavy atom. The van der Waals surface area contributed by atoms with Gasteiger partial charge in [-0.15, -0.1) is 0 Å². The minimum absolute atomic E-state index is 0.0887. The van der Waals surface area contributed by atoms with Crippen LogP contribution in [0.5, 0.6) is 5.75 Å². The van der Waals surface area contributed by atoms with E-state index in [0.29, 0.717) is 42.9 Å². The summed E-state index contributed by atoms with van der Waals surface area (Å²) in [4.78, 5) is 27.0. The van der Waals surface area contributed by atoms with Gasteiger partial charge < -0.3 is 20.7 Å². The van der Waals surface area contributed by atoms with Gasteiger partial charge in [-0.25, -0.2) is 8.42 Å². The van der Waals surface area contributed by atoms with Gasteiger partial charge in [-0.1, -0.05) is 95.2 Å². The third-order valence-corrected chi connectivity index (χ3v) is 10.8. The average molecular weight is 837 g/mol. The third kappa shape index (κ3) is 9.82. The van der Waals surface area contributed by atoms with Crippen molar-refractivity contribution in [1.82, 2.24) is 0 Å². The van der Waals surface area contributed by atoms with Crippen molar-refractivity contribution in [3.8, 4) is 5.75 Å². The van der Waals surface area contributed by atoms with Crippen LogP contribution in [0.3, 0.4) is 0 Å². The minimum atomic E-state index is -4.23. The number of rotatable bonds is 11. The lowest BCUT2D eigenvalue weighted by Crippen LogP contribution is -2.29. The fourth-order valence-electron chi connectivity index (χ4n) is 4.99. The van der Waals surface area contributed by atoms with E-state index in [2.05, 4.69) is 66.4 Å². The predicted molar refractivity (Wildman–Crippen MR) is 214 cm³/mol. The van der Waals surface area contributed by atoms with Crippen LogP contribution >= 0.6 is 31.9 Å². The molecule has 50 heavy (non-hydrogen) atoms. The standard InChI is InChI=1S/C38H52Br2N4O5S/c1-20(2)23-14-25(21(3)4)34(26(15-23)22(5)6)50(47,48)44-32-19-30(42-35(45)37(7,8)9)29(18-31(32)43-36(46)38(10,11)12)41-24-16-27(39)33(49-13)28(40)17-24/h14-22,41,44H,1-13H3,(H,42,45)(H,43,46). The molecular formula is C38H52Br2N4O5S. The molecule has 12 heteroatoms. The number of sulfonamides is 1. The minimum Gasteiger partial charge on any atom is -0.494 e. The lowest BCUT2D eigenvalue weighted by molar-refractivity contribution is -0.123. The second-order valence-electron chi connectivity index (χ2n) is 15.5. The molecule has 3 rings (SSSR count). The van der Waals surface area contributed by atoms with Gasteiger partial charge in [0.05, 0.1) is 43.7 Å². The summed E-state index contributed by atoms with van der Waals surface area (Å²) in [7, 11) is -2.66. The Morgan fingerprint density at radius 1 is 0.660 bits per heavy atom. The van der Waals surface area contributed by atoms with Crippen LogP contribution in [0, 0.1) is 10.8 Å². The van der Waals surface area contributed by atoms with Gasteiger partial charge >= 0.3 is 0 Å². The molecule has 2 amide bonds. The number of methoxy groups -OCH3 is 1. The van der Waals surface area contributed by atoms with Crippen molar-refractivity contribution in [2.75, 3.05) is 27.8 Å². The number of anilines is 5. The molecule has 9 nitrogen and oxygen atoms in total. The Hall–Kier alpha value is -3.09. The van der Waals surface area contributed by atoms with E-state index in [4.69, 9.17) is 4.74 Å². The topological polar surface area (TPSA) is 126 Å². The first-order chi connectivity index (χ1) is 22.9. The maximum atomic E-state index is 14.6. The van der Waals surface area contributed by atoms with Crippen LogP contribution in [-0.4, -0.2) is 27.3 Å². The first-order valence-corrected chi connectivity index (χ1v) is 19.8. The number of nitrogens with one attached hydrogen (secondary N) is 4. The number of halogens is 2. The fourth-order valence-corrected chi connectivity index (χ4v) is 8.27. The van der Waals surface area contributed by atoms with Crippen LogP contribution in [0.15, 0.2) is 50.2 Å². The zero-order chi connectivity index (χ0) is 38.1. The largest absolute Gasteiger partial charge is 0.494 e. The van der Waals surface area contributed by atoms with Gasteiger partial charge in [0, 0.05) is 16.5 Å². The molecule has 0 unspecified atom stereocenters. The zero-order valence-electron chi connectivity index (χ0n) is 31.4. The number of benzene rings is 3. The van der Waals surface area contributed by atoms with Gasteiger partial charge in [-0.2, -0.15) is 0 Å². The highest BCUT2D eigenvalue weighted by molar-refractivity contribution is 9.11. The number of carbonyl (C=O) groups excluding carboxylic acids is 2. The van der Waals surface area contributed by atoms with E-state index >= 15 is 0 Å². The Kier molecular flexibility index (Phi) is 12.9. The molecule has 0 bridgehead atoms. The van der Waals surface area contributed by atoms with Crippen LogP contribution in [0.1, 0.15) is 118 Å². The van der Waals surface area contributed by atoms with Crippen molar-refractivity contribution >= 4 is 82.1 Å². The van der Waals surface area contributed by atoms with E-state index in [1.54, 1.807) is 60.8 Å². The molecule has 0 heterocycles. The summed E-state index contributed by atoms with van der Waals surface area (Å²) in [5, 5.41) is 9.27. The second kappa shape index (κ2) is 15.7. The molecule has 3 aromatic rings. The van der Waals surface area contributed by atoms with Crippen molar-refractivity contribution in [2.24, 2.45) is 10.8 Å². The molecule has 0 aliphatic carbocycles. The molecule has 0 saturated heterocycles. The first kappa shape index (κ1) is 41.3. The third-order valence-electron chi connectivity index (χ3n) is 8.09. The summed E-state index contributed by atoms with van der Waals surface area (Å²) in [5.74, 6) is 0.0182. The van der Waals surface area contributed by atoms with E-state index in [-0.39, 0.29) is 45.8 Å². The Balaban J connectivity index is 2.36. The van der Waals surface area contributed by atoms with Crippen LogP contribution in [0.2, 0.25) is 0 Å². The van der Waals surface area contributed by atoms with Gasteiger partial charge in [0.25, 0.3) is 10.0 Å². The van der Waals surface area contributed by atoms with Crippen molar-refractivity contribution in [3.05, 3.63) is 62.0 Å². The Bertz CT molecular complexity index is 1820. The van der Waals surface area contributed by atoms with Crippen LogP contribution < -0.4 is 25.4 Å². The smallest absolute Gasteiger partial charge is 0.262 e. The molecule has 0 aliphatic rings. The van der Waals surface area contributed by atoms with Crippen molar-refractivity contribution in [2.45, 2.75) is 106 Å². The number of hydrogen-bond acceptors (Lipinski definition) is 6. The van der Waals surface area contributed by atoms with Crippen LogP contribution in [-0.2, 0) is 19.6 Å². The van der Waals surface area contributed by atoms with E-state index in [1.807, 2.05) is 52.0 Å². The fraction of sp³-hybridized carbons (Fsp3) is 0.474. The van der Waals surface area contributed by atoms with Crippen LogP contribution in [0.25, 0.3) is 0 Å². The number of amides is 2. The number of ether oxygens (including phenoxy) is 1. The van der Waals surface area contributed by atoms with Gasteiger partial charge in [0.15, 0.2) is 0 Å². The van der Waals surface area contributed by atoms with Gasteiger partial charge in [0.2, 0.25) is 11.8 Å². The lowest BCUT2D eigenvalue weighted by atomic mass is 9.89. The second-order valence-corrected chi connectivity index (χ2v) is 18.9. The number of hydrogen-bond donors (Lipinski definition) is 4. The number of carbonyl (C=O) groups is 2. The zero-order valence-corrected chi connectivity index (χ0v) is 35.4. The molecule has 0 saturated carbocycles. The first-order valence-electron chi connectivity index (χ1n) is 16.7. The molecule has 0 fully saturated rings. The van der Waals surface area contributed by atoms with Crippen molar-refractivity contribution in [3.63, 3.8) is 0 Å². The van der Waals surface area contributed by atoms with E-state index in [1.165, 1.54) is 0 Å². The summed E-state index contributed by atoms with van der Waals surface area (Å²) in [6.07, 6.45) is 0. The summed E-state index contributed by atoms with van der Waals surface area (Å²) < 4.78 is 38.9. The maximum absolute atomic E-state index is 14.6. The van der Waals surface area contributed by atoms with E-state index in [9.17, 15) is 18.0 Å². The highest BCUT2D eigenvalue weighted by Gasteiger charge is 2.30. The van der Waals surface area contributed by atoms with Gasteiger partial charge in [0.1, 0.15) is 5.75 Å². The molecule has 0 radical (unpaired) electrons. The highest BCUT2D eigenvalue weighted by atomic mass is 79.9. The predicted octanol–water partition coefficient (Wildman–Crippen LogP) is 11.1. The van der Waals surface area contributed by atoms with Crippen LogP contribution in [0.4, 0.5) is 28.4 Å². The quantitative estimate of drug-likeness (QED) is 0.152. The highest BCUT2D eigenvalue weighted by Crippen LogP contribution is 2.42. The van der Waals surface area contributed by atoms with Gasteiger partial charge in [-0.05, 0) is 90.6 Å². The molecule has 0 aliphatic heterocycles. The van der Waals surface area contributed by atoms with E-state index < -0.39 is 20.9 Å². The average Bonchev–Trinajstić information content (AvgIpc) is 2.97. The molecule has 0 aromatic heterocycles. The van der Waals surface area contributed by atoms with Crippen molar-refractivity contribution in [1.29, 1.82) is 0 Å². The summed E-state index contributed by atoms with van der Waals surface area (Å²) in [5.41, 5.74) is 2.60. The SMILES string of the molecule is COc1c(Br)cc(Nc2cc(NC(=O)C(C)(C)C)c(NS(=O)(=O)c3c(C(C)C)cc(C(C)C)cc3C(C)C)cc2NC(=O)C(C)(C)C)cc1Br. The summed E-state index contributed by atoms with van der Waals surface area (Å²) in [6, 6.07) is 10.7. The Labute approximate surface area is 315 Å². The molecule has 274 valence electrons. The monoisotopic (exact) mass is 834 g/mol. The summed E-state index contributed by atoms with van der Waals surface area (Å²) >= 11 is 7.08. The molecule has 0 spiro atoms.